The van der Waals surface area contributed by atoms with Gasteiger partial charge in [-0.05, 0) is 24.8 Å². The fourth-order valence-corrected chi connectivity index (χ4v) is 3.26. The van der Waals surface area contributed by atoms with E-state index in [1.807, 2.05) is 23.1 Å². The Morgan fingerprint density at radius 3 is 2.75 bits per heavy atom. The van der Waals surface area contributed by atoms with Gasteiger partial charge in [0, 0.05) is 38.5 Å². The topological polar surface area (TPSA) is 63.1 Å². The molecule has 0 atom stereocenters. The molecule has 1 aliphatic heterocycles. The van der Waals surface area contributed by atoms with Crippen LogP contribution < -0.4 is 5.32 Å². The summed E-state index contributed by atoms with van der Waals surface area (Å²) in [5.74, 6) is 2.74. The summed E-state index contributed by atoms with van der Waals surface area (Å²) in [4.78, 5) is 14.3. The summed E-state index contributed by atoms with van der Waals surface area (Å²) < 4.78 is 2.23. The van der Waals surface area contributed by atoms with Crippen LogP contribution in [0.1, 0.15) is 36.0 Å². The van der Waals surface area contributed by atoms with E-state index in [-0.39, 0.29) is 6.03 Å². The Labute approximate surface area is 141 Å². The maximum Gasteiger partial charge on any atom is 0.317 e. The van der Waals surface area contributed by atoms with E-state index in [0.717, 1.165) is 37.6 Å². The van der Waals surface area contributed by atoms with Gasteiger partial charge in [0.2, 0.25) is 0 Å². The molecule has 0 saturated heterocycles. The third-order valence-electron chi connectivity index (χ3n) is 4.82. The van der Waals surface area contributed by atoms with Gasteiger partial charge in [-0.2, -0.15) is 0 Å². The summed E-state index contributed by atoms with van der Waals surface area (Å²) in [6.07, 6.45) is 4.09. The van der Waals surface area contributed by atoms with E-state index < -0.39 is 0 Å². The van der Waals surface area contributed by atoms with Crippen molar-refractivity contribution in [1.82, 2.24) is 25.0 Å². The average Bonchev–Trinajstić information content (AvgIpc) is 3.41. The van der Waals surface area contributed by atoms with E-state index in [1.54, 1.807) is 0 Å². The molecule has 1 aromatic heterocycles. The van der Waals surface area contributed by atoms with Crippen molar-refractivity contribution in [1.29, 1.82) is 0 Å². The maximum atomic E-state index is 12.4. The van der Waals surface area contributed by atoms with E-state index >= 15 is 0 Å². The number of hydrogen-bond acceptors (Lipinski definition) is 3. The number of nitrogens with one attached hydrogen (secondary N) is 1. The molecule has 1 N–H and O–H groups in total. The fraction of sp³-hybridized carbons (Fsp3) is 0.500. The lowest BCUT2D eigenvalue weighted by Crippen LogP contribution is -2.42. The standard InChI is InChI=1S/C18H23N5O/c24-18(19-10-8-14-4-2-1-3-5-14)22-11-9-16-20-21-17(15-6-7-15)23(16)13-12-22/h1-5,15H,6-13H2,(H,19,24). The van der Waals surface area contributed by atoms with Crippen molar-refractivity contribution in [3.8, 4) is 0 Å². The van der Waals surface area contributed by atoms with Gasteiger partial charge in [0.05, 0.1) is 0 Å². The van der Waals surface area contributed by atoms with E-state index in [0.29, 0.717) is 19.0 Å². The molecule has 2 amide bonds. The Bertz CT molecular complexity index is 707. The van der Waals surface area contributed by atoms with Crippen LogP contribution in [0.15, 0.2) is 30.3 Å². The van der Waals surface area contributed by atoms with Gasteiger partial charge in [-0.1, -0.05) is 30.3 Å². The zero-order chi connectivity index (χ0) is 16.4. The molecule has 0 radical (unpaired) electrons. The quantitative estimate of drug-likeness (QED) is 0.935. The Morgan fingerprint density at radius 2 is 1.96 bits per heavy atom. The second kappa shape index (κ2) is 6.63. The Balaban J connectivity index is 1.30. The van der Waals surface area contributed by atoms with Gasteiger partial charge in [-0.3, -0.25) is 0 Å². The second-order valence-electron chi connectivity index (χ2n) is 6.60. The number of hydrogen-bond donors (Lipinski definition) is 1. The summed E-state index contributed by atoms with van der Waals surface area (Å²) in [6.45, 7) is 2.90. The Kier molecular flexibility index (Phi) is 4.19. The number of carbonyl (C=O) groups is 1. The highest BCUT2D eigenvalue weighted by molar-refractivity contribution is 5.74. The molecular weight excluding hydrogens is 302 g/mol. The molecule has 2 heterocycles. The largest absolute Gasteiger partial charge is 0.338 e. The number of amides is 2. The van der Waals surface area contributed by atoms with Crippen LogP contribution in [0, 0.1) is 0 Å². The minimum Gasteiger partial charge on any atom is -0.338 e. The zero-order valence-corrected chi connectivity index (χ0v) is 13.8. The predicted octanol–water partition coefficient (Wildman–Crippen LogP) is 1.97. The molecule has 1 aliphatic carbocycles. The van der Waals surface area contributed by atoms with Crippen LogP contribution >= 0.6 is 0 Å². The molecule has 0 unspecified atom stereocenters. The van der Waals surface area contributed by atoms with Gasteiger partial charge < -0.3 is 14.8 Å². The van der Waals surface area contributed by atoms with Crippen LogP contribution in [0.4, 0.5) is 4.79 Å². The van der Waals surface area contributed by atoms with Crippen LogP contribution in [0.5, 0.6) is 0 Å². The molecule has 4 rings (SSSR count). The lowest BCUT2D eigenvalue weighted by atomic mass is 10.1. The van der Waals surface area contributed by atoms with Crippen LogP contribution in [0.3, 0.4) is 0 Å². The van der Waals surface area contributed by atoms with Crippen molar-refractivity contribution in [2.75, 3.05) is 19.6 Å². The van der Waals surface area contributed by atoms with E-state index in [2.05, 4.69) is 32.2 Å². The number of aromatic nitrogens is 3. The van der Waals surface area contributed by atoms with Crippen molar-refractivity contribution in [3.05, 3.63) is 47.5 Å². The van der Waals surface area contributed by atoms with Crippen LogP contribution in [0.25, 0.3) is 0 Å². The van der Waals surface area contributed by atoms with E-state index in [1.165, 1.54) is 18.4 Å². The molecule has 126 valence electrons. The summed E-state index contributed by atoms with van der Waals surface area (Å²) in [5.41, 5.74) is 1.24. The van der Waals surface area contributed by atoms with Gasteiger partial charge in [-0.15, -0.1) is 10.2 Å². The monoisotopic (exact) mass is 325 g/mol. The lowest BCUT2D eigenvalue weighted by Gasteiger charge is -2.20. The van der Waals surface area contributed by atoms with E-state index in [4.69, 9.17) is 0 Å². The number of carbonyl (C=O) groups excluding carboxylic acids is 1. The van der Waals surface area contributed by atoms with Gasteiger partial charge in [0.25, 0.3) is 0 Å². The molecule has 2 aliphatic rings. The molecule has 24 heavy (non-hydrogen) atoms. The summed E-state index contributed by atoms with van der Waals surface area (Å²) in [5, 5.41) is 11.7. The van der Waals surface area contributed by atoms with Crippen LogP contribution in [-0.4, -0.2) is 45.3 Å². The molecular formula is C18H23N5O. The second-order valence-corrected chi connectivity index (χ2v) is 6.60. The number of urea groups is 1. The van der Waals surface area contributed by atoms with Crippen molar-refractivity contribution >= 4 is 6.03 Å². The summed E-state index contributed by atoms with van der Waals surface area (Å²) >= 11 is 0. The highest BCUT2D eigenvalue weighted by Gasteiger charge is 2.31. The smallest absolute Gasteiger partial charge is 0.317 e. The van der Waals surface area contributed by atoms with Crippen LogP contribution in [0.2, 0.25) is 0 Å². The molecule has 1 aromatic carbocycles. The highest BCUT2D eigenvalue weighted by atomic mass is 16.2. The summed E-state index contributed by atoms with van der Waals surface area (Å²) in [7, 11) is 0. The first-order chi connectivity index (χ1) is 11.8. The fourth-order valence-electron chi connectivity index (χ4n) is 3.26. The first-order valence-corrected chi connectivity index (χ1v) is 8.80. The van der Waals surface area contributed by atoms with Gasteiger partial charge in [0.15, 0.2) is 0 Å². The maximum absolute atomic E-state index is 12.4. The number of fused-ring (bicyclic) bond motifs is 1. The van der Waals surface area contributed by atoms with Crippen molar-refractivity contribution in [2.24, 2.45) is 0 Å². The highest BCUT2D eigenvalue weighted by Crippen LogP contribution is 2.39. The average molecular weight is 325 g/mol. The third kappa shape index (κ3) is 3.27. The molecule has 6 heteroatoms. The SMILES string of the molecule is O=C(NCCc1ccccc1)N1CCc2nnc(C3CC3)n2CC1. The van der Waals surface area contributed by atoms with Crippen molar-refractivity contribution < 1.29 is 4.79 Å². The number of rotatable bonds is 4. The first kappa shape index (κ1) is 15.2. The van der Waals surface area contributed by atoms with Crippen molar-refractivity contribution in [3.63, 3.8) is 0 Å². The molecule has 0 spiro atoms. The zero-order valence-electron chi connectivity index (χ0n) is 13.8. The molecule has 0 bridgehead atoms. The minimum absolute atomic E-state index is 0.0256. The van der Waals surface area contributed by atoms with Crippen LogP contribution in [-0.2, 0) is 19.4 Å². The predicted molar refractivity (Wildman–Crippen MR) is 90.8 cm³/mol. The summed E-state index contributed by atoms with van der Waals surface area (Å²) in [6, 6.07) is 10.3. The molecule has 6 nitrogen and oxygen atoms in total. The third-order valence-corrected chi connectivity index (χ3v) is 4.82. The van der Waals surface area contributed by atoms with Crippen molar-refractivity contribution in [2.45, 2.75) is 38.1 Å². The normalized spacial score (nSPS) is 17.2. The molecule has 2 aromatic rings. The van der Waals surface area contributed by atoms with Gasteiger partial charge in [0.1, 0.15) is 11.6 Å². The molecule has 1 saturated carbocycles. The number of benzene rings is 1. The Hall–Kier alpha value is -2.37. The van der Waals surface area contributed by atoms with E-state index in [9.17, 15) is 4.79 Å². The van der Waals surface area contributed by atoms with Gasteiger partial charge >= 0.3 is 6.03 Å². The Morgan fingerprint density at radius 1 is 1.12 bits per heavy atom. The first-order valence-electron chi connectivity index (χ1n) is 8.80. The number of nitrogens with zero attached hydrogens (tertiary/aromatic N) is 4. The molecule has 1 fully saturated rings. The van der Waals surface area contributed by atoms with Gasteiger partial charge in [-0.25, -0.2) is 4.79 Å². The minimum atomic E-state index is 0.0256. The lowest BCUT2D eigenvalue weighted by molar-refractivity contribution is 0.199.